The van der Waals surface area contributed by atoms with Gasteiger partial charge in [-0.2, -0.15) is 4.31 Å². The molecule has 1 aromatic carbocycles. The van der Waals surface area contributed by atoms with Crippen LogP contribution in [0.15, 0.2) is 40.2 Å². The minimum absolute atomic E-state index is 0.165. The molecule has 100 valence electrons. The fourth-order valence-electron chi connectivity index (χ4n) is 1.52. The zero-order valence-electron chi connectivity index (χ0n) is 10.1. The highest BCUT2D eigenvalue weighted by Crippen LogP contribution is 2.26. The third kappa shape index (κ3) is 3.20. The van der Waals surface area contributed by atoms with Gasteiger partial charge in [0.25, 0.3) is 0 Å². The Morgan fingerprint density at radius 3 is 2.67 bits per heavy atom. The highest BCUT2D eigenvalue weighted by Gasteiger charge is 2.24. The van der Waals surface area contributed by atoms with Gasteiger partial charge in [-0.1, -0.05) is 19.1 Å². The van der Waals surface area contributed by atoms with Crippen LogP contribution in [0.25, 0.3) is 0 Å². The molecule has 18 heavy (non-hydrogen) atoms. The molecule has 0 spiro atoms. The van der Waals surface area contributed by atoms with E-state index in [1.54, 1.807) is 25.1 Å². The minimum Gasteiger partial charge on any atom is -0.392 e. The summed E-state index contributed by atoms with van der Waals surface area (Å²) in [6.07, 6.45) is 1.55. The van der Waals surface area contributed by atoms with Crippen LogP contribution in [0, 0.1) is 0 Å². The predicted molar refractivity (Wildman–Crippen MR) is 74.7 cm³/mol. The average Bonchev–Trinajstić information content (AvgIpc) is 2.36. The van der Waals surface area contributed by atoms with Crippen LogP contribution in [0.3, 0.4) is 0 Å². The lowest BCUT2D eigenvalue weighted by Gasteiger charge is -2.19. The van der Waals surface area contributed by atoms with Gasteiger partial charge in [0.1, 0.15) is 0 Å². The summed E-state index contributed by atoms with van der Waals surface area (Å²) in [7, 11) is -3.57. The normalized spacial score (nSPS) is 11.8. The molecule has 1 N–H and O–H groups in total. The predicted octanol–water partition coefficient (Wildman–Crippen LogP) is 2.14. The number of hydrogen-bond donors (Lipinski definition) is 1. The van der Waals surface area contributed by atoms with Crippen molar-refractivity contribution < 1.29 is 13.5 Å². The number of rotatable bonds is 6. The SMILES string of the molecule is C=CCN(CC)S(=O)(=O)c1cc(CO)ccc1Br. The Bertz CT molecular complexity index is 528. The monoisotopic (exact) mass is 333 g/mol. The number of sulfonamides is 1. The molecule has 0 radical (unpaired) electrons. The van der Waals surface area contributed by atoms with E-state index in [-0.39, 0.29) is 18.0 Å². The molecule has 0 saturated heterocycles. The lowest BCUT2D eigenvalue weighted by Crippen LogP contribution is -2.31. The van der Waals surface area contributed by atoms with Crippen LogP contribution in [-0.2, 0) is 16.6 Å². The van der Waals surface area contributed by atoms with E-state index in [1.807, 2.05) is 0 Å². The molecule has 0 fully saturated rings. The Balaban J connectivity index is 3.30. The molecule has 0 saturated carbocycles. The molecule has 4 nitrogen and oxygen atoms in total. The van der Waals surface area contributed by atoms with E-state index in [0.29, 0.717) is 16.6 Å². The van der Waals surface area contributed by atoms with Crippen LogP contribution in [0.2, 0.25) is 0 Å². The van der Waals surface area contributed by atoms with Crippen molar-refractivity contribution >= 4 is 26.0 Å². The molecule has 6 heteroatoms. The number of halogens is 1. The molecule has 0 unspecified atom stereocenters. The van der Waals surface area contributed by atoms with Crippen molar-refractivity contribution in [2.45, 2.75) is 18.4 Å². The number of benzene rings is 1. The Hall–Kier alpha value is -0.690. The summed E-state index contributed by atoms with van der Waals surface area (Å²) in [6.45, 7) is 5.76. The zero-order chi connectivity index (χ0) is 13.8. The molecule has 1 rings (SSSR count). The first-order valence-electron chi connectivity index (χ1n) is 5.47. The van der Waals surface area contributed by atoms with E-state index in [0.717, 1.165) is 0 Å². The molecule has 0 heterocycles. The van der Waals surface area contributed by atoms with Gasteiger partial charge >= 0.3 is 0 Å². The average molecular weight is 334 g/mol. The number of aliphatic hydroxyl groups excluding tert-OH is 1. The molecule has 0 aliphatic carbocycles. The van der Waals surface area contributed by atoms with Gasteiger partial charge in [0.05, 0.1) is 11.5 Å². The van der Waals surface area contributed by atoms with E-state index in [2.05, 4.69) is 22.5 Å². The lowest BCUT2D eigenvalue weighted by molar-refractivity contribution is 0.281. The van der Waals surface area contributed by atoms with Crippen molar-refractivity contribution in [2.75, 3.05) is 13.1 Å². The summed E-state index contributed by atoms with van der Waals surface area (Å²) in [5.41, 5.74) is 0.562. The number of hydrogen-bond acceptors (Lipinski definition) is 3. The summed E-state index contributed by atoms with van der Waals surface area (Å²) < 4.78 is 26.6. The van der Waals surface area contributed by atoms with Gasteiger partial charge in [-0.3, -0.25) is 0 Å². The van der Waals surface area contributed by atoms with Crippen LogP contribution in [-0.4, -0.2) is 30.9 Å². The van der Waals surface area contributed by atoms with Crippen LogP contribution in [0.5, 0.6) is 0 Å². The number of aliphatic hydroxyl groups is 1. The highest BCUT2D eigenvalue weighted by atomic mass is 79.9. The third-order valence-electron chi connectivity index (χ3n) is 2.48. The van der Waals surface area contributed by atoms with Gasteiger partial charge in [-0.25, -0.2) is 8.42 Å². The van der Waals surface area contributed by atoms with Gasteiger partial charge in [-0.15, -0.1) is 6.58 Å². The van der Waals surface area contributed by atoms with Gasteiger partial charge in [0, 0.05) is 17.6 Å². The van der Waals surface area contributed by atoms with Crippen LogP contribution in [0.1, 0.15) is 12.5 Å². The Morgan fingerprint density at radius 1 is 1.50 bits per heavy atom. The molecule has 1 aromatic rings. The fourth-order valence-corrected chi connectivity index (χ4v) is 3.92. The molecule has 0 aromatic heterocycles. The van der Waals surface area contributed by atoms with Crippen molar-refractivity contribution in [1.82, 2.24) is 4.31 Å². The summed E-state index contributed by atoms with van der Waals surface area (Å²) in [6, 6.07) is 4.78. The second-order valence-corrected chi connectivity index (χ2v) is 6.43. The number of nitrogens with zero attached hydrogens (tertiary/aromatic N) is 1. The van der Waals surface area contributed by atoms with E-state index >= 15 is 0 Å². The van der Waals surface area contributed by atoms with Crippen molar-refractivity contribution in [1.29, 1.82) is 0 Å². The first kappa shape index (κ1) is 15.4. The van der Waals surface area contributed by atoms with Crippen LogP contribution >= 0.6 is 15.9 Å². The third-order valence-corrected chi connectivity index (χ3v) is 5.42. The van der Waals surface area contributed by atoms with Crippen molar-refractivity contribution in [3.8, 4) is 0 Å². The second-order valence-electron chi connectivity index (χ2n) is 3.67. The summed E-state index contributed by atoms with van der Waals surface area (Å²) in [5, 5.41) is 9.08. The summed E-state index contributed by atoms with van der Waals surface area (Å²) >= 11 is 3.23. The van der Waals surface area contributed by atoms with Crippen molar-refractivity contribution in [3.63, 3.8) is 0 Å². The van der Waals surface area contributed by atoms with E-state index in [4.69, 9.17) is 5.11 Å². The number of likely N-dealkylation sites (N-methyl/N-ethyl adjacent to an activating group) is 1. The van der Waals surface area contributed by atoms with Gasteiger partial charge < -0.3 is 5.11 Å². The summed E-state index contributed by atoms with van der Waals surface area (Å²) in [5.74, 6) is 0. The van der Waals surface area contributed by atoms with Crippen LogP contribution in [0.4, 0.5) is 0 Å². The largest absolute Gasteiger partial charge is 0.392 e. The zero-order valence-corrected chi connectivity index (χ0v) is 12.5. The van der Waals surface area contributed by atoms with E-state index in [9.17, 15) is 8.42 Å². The maximum absolute atomic E-state index is 12.4. The lowest BCUT2D eigenvalue weighted by atomic mass is 10.2. The standard InChI is InChI=1S/C12H16BrNO3S/c1-3-7-14(4-2)18(16,17)12-8-10(9-15)5-6-11(12)13/h3,5-6,8,15H,1,4,7,9H2,2H3. The molecule has 0 aliphatic rings. The second kappa shape index (κ2) is 6.47. The fraction of sp³-hybridized carbons (Fsp3) is 0.333. The first-order chi connectivity index (χ1) is 8.47. The molecular formula is C12H16BrNO3S. The molecular weight excluding hydrogens is 318 g/mol. The molecule has 0 amide bonds. The Kier molecular flexibility index (Phi) is 5.52. The van der Waals surface area contributed by atoms with E-state index < -0.39 is 10.0 Å². The smallest absolute Gasteiger partial charge is 0.244 e. The molecule has 0 bridgehead atoms. The first-order valence-corrected chi connectivity index (χ1v) is 7.71. The van der Waals surface area contributed by atoms with Gasteiger partial charge in [0.15, 0.2) is 0 Å². The van der Waals surface area contributed by atoms with Crippen molar-refractivity contribution in [2.24, 2.45) is 0 Å². The Morgan fingerprint density at radius 2 is 2.17 bits per heavy atom. The van der Waals surface area contributed by atoms with Gasteiger partial charge in [0.2, 0.25) is 10.0 Å². The molecule has 0 aliphatic heterocycles. The summed E-state index contributed by atoms with van der Waals surface area (Å²) in [4.78, 5) is 0.165. The topological polar surface area (TPSA) is 57.6 Å². The van der Waals surface area contributed by atoms with E-state index in [1.165, 1.54) is 10.4 Å². The van der Waals surface area contributed by atoms with Crippen molar-refractivity contribution in [3.05, 3.63) is 40.9 Å². The Labute approximate surface area is 116 Å². The molecule has 0 atom stereocenters. The van der Waals surface area contributed by atoms with Gasteiger partial charge in [-0.05, 0) is 33.6 Å². The maximum atomic E-state index is 12.4. The van der Waals surface area contributed by atoms with Crippen LogP contribution < -0.4 is 0 Å². The maximum Gasteiger partial charge on any atom is 0.244 e. The quantitative estimate of drug-likeness (QED) is 0.811. The minimum atomic E-state index is -3.57. The highest BCUT2D eigenvalue weighted by molar-refractivity contribution is 9.10.